The van der Waals surface area contributed by atoms with Crippen LogP contribution < -0.4 is 5.32 Å². The number of aromatic nitrogens is 5. The number of rotatable bonds is 4. The van der Waals surface area contributed by atoms with Gasteiger partial charge in [0.2, 0.25) is 0 Å². The molecule has 2 aliphatic rings. The molecule has 0 unspecified atom stereocenters. The van der Waals surface area contributed by atoms with Gasteiger partial charge in [-0.1, -0.05) is 5.21 Å². The van der Waals surface area contributed by atoms with Crippen LogP contribution in [-0.2, 0) is 0 Å². The third-order valence-electron chi connectivity index (χ3n) is 5.50. The summed E-state index contributed by atoms with van der Waals surface area (Å²) in [6.45, 7) is 1.22. The molecule has 23 heavy (non-hydrogen) atoms. The molecule has 5 rings (SSSR count). The average molecular weight is 310 g/mol. The van der Waals surface area contributed by atoms with Crippen molar-refractivity contribution in [2.45, 2.75) is 50.5 Å². The zero-order valence-corrected chi connectivity index (χ0v) is 13.2. The Morgan fingerprint density at radius 1 is 1.17 bits per heavy atom. The predicted molar refractivity (Wildman–Crippen MR) is 88.4 cm³/mol. The van der Waals surface area contributed by atoms with Gasteiger partial charge in [-0.05, 0) is 57.1 Å². The number of fused-ring (bicyclic) bond motifs is 3. The second-order valence-corrected chi connectivity index (χ2v) is 7.15. The normalized spacial score (nSPS) is 25.4. The van der Waals surface area contributed by atoms with Crippen molar-refractivity contribution in [1.29, 1.82) is 0 Å². The molecule has 0 aromatic carbocycles. The molecule has 3 aromatic heterocycles. The quantitative estimate of drug-likeness (QED) is 0.777. The minimum Gasteiger partial charge on any atom is -0.346 e. The lowest BCUT2D eigenvalue weighted by atomic mass is 9.83. The van der Waals surface area contributed by atoms with Crippen LogP contribution in [0, 0.1) is 5.92 Å². The highest BCUT2D eigenvalue weighted by Gasteiger charge is 2.28. The van der Waals surface area contributed by atoms with E-state index in [4.69, 9.17) is 0 Å². The lowest BCUT2D eigenvalue weighted by Crippen LogP contribution is -2.34. The van der Waals surface area contributed by atoms with Crippen LogP contribution in [-0.4, -0.2) is 37.4 Å². The van der Waals surface area contributed by atoms with Crippen molar-refractivity contribution in [2.75, 3.05) is 6.54 Å². The molecular formula is C17H22N6. The Hall–Kier alpha value is -1.95. The molecule has 120 valence electrons. The average Bonchev–Trinajstić information content (AvgIpc) is 3.12. The summed E-state index contributed by atoms with van der Waals surface area (Å²) in [5.41, 5.74) is 3.20. The first kappa shape index (κ1) is 13.5. The first-order chi connectivity index (χ1) is 11.4. The van der Waals surface area contributed by atoms with E-state index in [1.165, 1.54) is 45.1 Å². The number of nitrogens with zero attached hydrogens (tertiary/aromatic N) is 4. The predicted octanol–water partition coefficient (Wildman–Crippen LogP) is 2.63. The van der Waals surface area contributed by atoms with E-state index >= 15 is 0 Å². The van der Waals surface area contributed by atoms with Crippen LogP contribution in [0.5, 0.6) is 0 Å². The number of hydrogen-bond donors (Lipinski definition) is 2. The fourth-order valence-electron chi connectivity index (χ4n) is 3.92. The molecule has 3 aromatic rings. The van der Waals surface area contributed by atoms with Crippen molar-refractivity contribution in [1.82, 2.24) is 30.1 Å². The molecule has 2 saturated carbocycles. The van der Waals surface area contributed by atoms with Gasteiger partial charge in [-0.25, -0.2) is 9.50 Å². The zero-order chi connectivity index (χ0) is 15.2. The van der Waals surface area contributed by atoms with E-state index in [0.29, 0.717) is 12.0 Å². The topological polar surface area (TPSA) is 70.9 Å². The highest BCUT2D eigenvalue weighted by Crippen LogP contribution is 2.36. The van der Waals surface area contributed by atoms with E-state index in [2.05, 4.69) is 31.7 Å². The summed E-state index contributed by atoms with van der Waals surface area (Å²) < 4.78 is 1.82. The van der Waals surface area contributed by atoms with Crippen LogP contribution in [0.1, 0.15) is 50.1 Å². The number of nitrogens with one attached hydrogen (secondary N) is 2. The maximum atomic E-state index is 4.50. The Kier molecular flexibility index (Phi) is 3.11. The molecule has 3 heterocycles. The lowest BCUT2D eigenvalue weighted by molar-refractivity contribution is 0.337. The first-order valence-corrected chi connectivity index (χ1v) is 8.79. The molecule has 2 fully saturated rings. The molecule has 6 nitrogen and oxygen atoms in total. The molecule has 0 bridgehead atoms. The number of H-pyrrole nitrogens is 1. The van der Waals surface area contributed by atoms with Gasteiger partial charge in [-0.2, -0.15) is 0 Å². The Morgan fingerprint density at radius 2 is 2.04 bits per heavy atom. The van der Waals surface area contributed by atoms with E-state index in [1.807, 2.05) is 10.7 Å². The molecule has 2 aliphatic carbocycles. The summed E-state index contributed by atoms with van der Waals surface area (Å²) in [7, 11) is 0. The monoisotopic (exact) mass is 310 g/mol. The van der Waals surface area contributed by atoms with Crippen LogP contribution in [0.25, 0.3) is 16.6 Å². The summed E-state index contributed by atoms with van der Waals surface area (Å²) in [6, 6.07) is 2.77. The van der Waals surface area contributed by atoms with Gasteiger partial charge in [0.15, 0.2) is 0 Å². The number of hydrogen-bond acceptors (Lipinski definition) is 4. The largest absolute Gasteiger partial charge is 0.346 e. The van der Waals surface area contributed by atoms with Gasteiger partial charge < -0.3 is 10.3 Å². The van der Waals surface area contributed by atoms with Crippen molar-refractivity contribution >= 4 is 16.6 Å². The van der Waals surface area contributed by atoms with Crippen molar-refractivity contribution in [3.63, 3.8) is 0 Å². The van der Waals surface area contributed by atoms with E-state index in [9.17, 15) is 0 Å². The third kappa shape index (κ3) is 2.41. The van der Waals surface area contributed by atoms with Gasteiger partial charge in [-0.3, -0.25) is 0 Å². The summed E-state index contributed by atoms with van der Waals surface area (Å²) in [4.78, 5) is 7.56. The van der Waals surface area contributed by atoms with Gasteiger partial charge in [0, 0.05) is 23.5 Å². The molecule has 0 radical (unpaired) electrons. The van der Waals surface area contributed by atoms with E-state index < -0.39 is 0 Å². The van der Waals surface area contributed by atoms with E-state index in [0.717, 1.165) is 28.2 Å². The second kappa shape index (κ2) is 5.30. The van der Waals surface area contributed by atoms with Gasteiger partial charge >= 0.3 is 0 Å². The molecule has 0 amide bonds. The molecule has 0 atom stereocenters. The minimum atomic E-state index is 0.520. The third-order valence-corrected chi connectivity index (χ3v) is 5.50. The van der Waals surface area contributed by atoms with Crippen LogP contribution in [0.15, 0.2) is 18.6 Å². The highest BCUT2D eigenvalue weighted by atomic mass is 15.4. The molecule has 2 N–H and O–H groups in total. The summed E-state index contributed by atoms with van der Waals surface area (Å²) in [5.74, 6) is 1.48. The second-order valence-electron chi connectivity index (χ2n) is 7.15. The zero-order valence-electron chi connectivity index (χ0n) is 13.2. The molecule has 0 saturated heterocycles. The highest BCUT2D eigenvalue weighted by molar-refractivity contribution is 5.92. The molecule has 6 heteroatoms. The van der Waals surface area contributed by atoms with Crippen molar-refractivity contribution < 1.29 is 0 Å². The summed E-state index contributed by atoms with van der Waals surface area (Å²) >= 11 is 0. The van der Waals surface area contributed by atoms with Crippen LogP contribution in [0.3, 0.4) is 0 Å². The Morgan fingerprint density at radius 3 is 2.87 bits per heavy atom. The van der Waals surface area contributed by atoms with Gasteiger partial charge in [0.1, 0.15) is 17.5 Å². The Labute approximate surface area is 134 Å². The van der Waals surface area contributed by atoms with E-state index in [1.54, 1.807) is 6.33 Å². The van der Waals surface area contributed by atoms with Crippen molar-refractivity contribution in [2.24, 2.45) is 5.92 Å². The van der Waals surface area contributed by atoms with Crippen LogP contribution in [0.4, 0.5) is 0 Å². The first-order valence-electron chi connectivity index (χ1n) is 8.79. The fourth-order valence-corrected chi connectivity index (χ4v) is 3.92. The Balaban J connectivity index is 1.37. The smallest absolute Gasteiger partial charge is 0.141 e. The maximum Gasteiger partial charge on any atom is 0.141 e. The van der Waals surface area contributed by atoms with E-state index in [-0.39, 0.29) is 0 Å². The lowest BCUT2D eigenvalue weighted by Gasteiger charge is -2.28. The standard InChI is InChI=1S/C17H22N6/c1-2-11(1)9-19-13-5-3-12(4-6-13)15-16-14-7-8-18-17(14)20-10-23(16)22-21-15/h7-8,10-13,18-19H,1-6,9H2. The van der Waals surface area contributed by atoms with Gasteiger partial charge in [0.05, 0.1) is 5.69 Å². The van der Waals surface area contributed by atoms with Crippen molar-refractivity contribution in [3.8, 4) is 0 Å². The molecular weight excluding hydrogens is 288 g/mol. The van der Waals surface area contributed by atoms with Gasteiger partial charge in [0.25, 0.3) is 0 Å². The van der Waals surface area contributed by atoms with Gasteiger partial charge in [-0.15, -0.1) is 5.10 Å². The van der Waals surface area contributed by atoms with Crippen LogP contribution >= 0.6 is 0 Å². The van der Waals surface area contributed by atoms with Crippen molar-refractivity contribution in [3.05, 3.63) is 24.3 Å². The number of aromatic amines is 1. The Bertz CT molecular complexity index is 822. The molecule has 0 spiro atoms. The maximum absolute atomic E-state index is 4.50. The van der Waals surface area contributed by atoms with Crippen LogP contribution in [0.2, 0.25) is 0 Å². The molecule has 0 aliphatic heterocycles. The summed E-state index contributed by atoms with van der Waals surface area (Å²) in [6.07, 6.45) is 11.4. The minimum absolute atomic E-state index is 0.520. The summed E-state index contributed by atoms with van der Waals surface area (Å²) in [5, 5.41) is 13.7. The fraction of sp³-hybridized carbons (Fsp3) is 0.588. The SMILES string of the molecule is c1cc2c(ncn3nnc(C4CCC(NCC5CC5)CC4)c23)[nH]1.